The number of benzene rings is 6. The first kappa shape index (κ1) is 26.0. The molecule has 6 aromatic carbocycles. The highest BCUT2D eigenvalue weighted by molar-refractivity contribution is 6.14. The molecular formula is C39H29N3O2. The van der Waals surface area contributed by atoms with E-state index in [0.717, 1.165) is 66.1 Å². The van der Waals surface area contributed by atoms with Gasteiger partial charge in [0.05, 0.1) is 5.56 Å². The van der Waals surface area contributed by atoms with Gasteiger partial charge in [-0.2, -0.15) is 0 Å². The number of rotatable bonds is 7. The van der Waals surface area contributed by atoms with E-state index in [1.165, 1.54) is 5.56 Å². The van der Waals surface area contributed by atoms with Gasteiger partial charge in [0.25, 0.3) is 0 Å². The van der Waals surface area contributed by atoms with Crippen molar-refractivity contribution in [2.75, 3.05) is 0 Å². The van der Waals surface area contributed by atoms with Crippen molar-refractivity contribution in [3.63, 3.8) is 0 Å². The molecule has 0 aliphatic heterocycles. The van der Waals surface area contributed by atoms with Crippen LogP contribution in [0.2, 0.25) is 0 Å². The number of hydrogen-bond acceptors (Lipinski definition) is 4. The maximum absolute atomic E-state index is 6.75. The highest BCUT2D eigenvalue weighted by atomic mass is 16.3. The van der Waals surface area contributed by atoms with Crippen LogP contribution < -0.4 is 11.1 Å². The molecule has 0 fully saturated rings. The van der Waals surface area contributed by atoms with Gasteiger partial charge < -0.3 is 14.6 Å². The third-order valence-corrected chi connectivity index (χ3v) is 8.24. The molecule has 8 rings (SSSR count). The fourth-order valence-corrected chi connectivity index (χ4v) is 6.10. The van der Waals surface area contributed by atoms with Gasteiger partial charge in [0.15, 0.2) is 0 Å². The second kappa shape index (κ2) is 10.9. The molecule has 5 nitrogen and oxygen atoms in total. The monoisotopic (exact) mass is 571 g/mol. The van der Waals surface area contributed by atoms with Crippen LogP contribution >= 0.6 is 0 Å². The van der Waals surface area contributed by atoms with E-state index in [4.69, 9.17) is 19.6 Å². The van der Waals surface area contributed by atoms with Gasteiger partial charge in [0.1, 0.15) is 34.3 Å². The molecule has 212 valence electrons. The van der Waals surface area contributed by atoms with Crippen LogP contribution in [0.15, 0.2) is 153 Å². The lowest BCUT2D eigenvalue weighted by molar-refractivity contribution is 0.555. The van der Waals surface area contributed by atoms with Crippen LogP contribution in [-0.4, -0.2) is 5.84 Å². The highest BCUT2D eigenvalue weighted by Gasteiger charge is 2.17. The van der Waals surface area contributed by atoms with E-state index in [-0.39, 0.29) is 6.17 Å². The Morgan fingerprint density at radius 1 is 0.614 bits per heavy atom. The Labute approximate surface area is 254 Å². The lowest BCUT2D eigenvalue weighted by Gasteiger charge is -2.17. The zero-order valence-corrected chi connectivity index (χ0v) is 23.9. The van der Waals surface area contributed by atoms with Crippen molar-refractivity contribution in [1.82, 2.24) is 5.32 Å². The van der Waals surface area contributed by atoms with Crippen molar-refractivity contribution >= 4 is 49.7 Å². The smallest absolute Gasteiger partial charge is 0.146 e. The zero-order chi connectivity index (χ0) is 29.5. The lowest BCUT2D eigenvalue weighted by Crippen LogP contribution is -2.24. The molecule has 2 aromatic heterocycles. The number of nitrogens with two attached hydrogens (primary N) is 1. The van der Waals surface area contributed by atoms with Gasteiger partial charge in [0.2, 0.25) is 0 Å². The molecule has 0 radical (unpaired) electrons. The molecule has 0 saturated carbocycles. The van der Waals surface area contributed by atoms with Crippen LogP contribution in [0.1, 0.15) is 22.9 Å². The minimum absolute atomic E-state index is 0.385. The van der Waals surface area contributed by atoms with Crippen LogP contribution in [-0.2, 0) is 6.54 Å². The van der Waals surface area contributed by atoms with Gasteiger partial charge in [-0.1, -0.05) is 109 Å². The SMILES string of the molecule is N/C(=N\C(NCc1cccc2oc3ccc(-c4ccccc4)cc3c12)c1ccccc1)c1cccc2c1oc1ccccc12. The molecule has 0 spiro atoms. The standard InChI is InChI=1S/C39H29N3O2/c40-38(31-18-10-17-30-29-16-7-8-19-33(29)44-37(30)31)42-39(26-13-5-2-6-14-26)41-24-28-15-9-20-35-36(28)32-23-27(21-22-34(32)43-35)25-11-3-1-4-12-25/h1-23,39,41H,24H2,(H2,40,42). The lowest BCUT2D eigenvalue weighted by atomic mass is 10.0. The van der Waals surface area contributed by atoms with Gasteiger partial charge in [-0.25, -0.2) is 4.99 Å². The molecule has 0 amide bonds. The number of para-hydroxylation sites is 2. The Kier molecular flexibility index (Phi) is 6.43. The van der Waals surface area contributed by atoms with Gasteiger partial charge in [0, 0.05) is 28.1 Å². The second-order valence-electron chi connectivity index (χ2n) is 11.0. The summed E-state index contributed by atoms with van der Waals surface area (Å²) in [5, 5.41) is 7.96. The topological polar surface area (TPSA) is 76.7 Å². The minimum atomic E-state index is -0.385. The molecule has 1 atom stereocenters. The minimum Gasteiger partial charge on any atom is -0.456 e. The zero-order valence-electron chi connectivity index (χ0n) is 23.9. The summed E-state index contributed by atoms with van der Waals surface area (Å²) in [7, 11) is 0. The first-order valence-corrected chi connectivity index (χ1v) is 14.7. The predicted octanol–water partition coefficient (Wildman–Crippen LogP) is 9.35. The van der Waals surface area contributed by atoms with E-state index in [2.05, 4.69) is 78.1 Å². The second-order valence-corrected chi connectivity index (χ2v) is 11.0. The summed E-state index contributed by atoms with van der Waals surface area (Å²) in [5.41, 5.74) is 15.3. The van der Waals surface area contributed by atoms with Gasteiger partial charge in [-0.05, 0) is 52.6 Å². The van der Waals surface area contributed by atoms with Crippen molar-refractivity contribution in [3.8, 4) is 11.1 Å². The largest absolute Gasteiger partial charge is 0.456 e. The summed E-state index contributed by atoms with van der Waals surface area (Å²) in [6.07, 6.45) is -0.385. The van der Waals surface area contributed by atoms with Crippen LogP contribution in [0.4, 0.5) is 0 Å². The van der Waals surface area contributed by atoms with E-state index in [1.807, 2.05) is 66.7 Å². The Hall–Kier alpha value is -5.65. The number of aliphatic imine (C=N–C) groups is 1. The van der Waals surface area contributed by atoms with Crippen molar-refractivity contribution in [2.45, 2.75) is 12.7 Å². The number of hydrogen-bond donors (Lipinski definition) is 2. The molecular weight excluding hydrogens is 542 g/mol. The highest BCUT2D eigenvalue weighted by Crippen LogP contribution is 2.35. The summed E-state index contributed by atoms with van der Waals surface area (Å²) < 4.78 is 12.5. The molecule has 8 aromatic rings. The quantitative estimate of drug-likeness (QED) is 0.148. The van der Waals surface area contributed by atoms with E-state index in [0.29, 0.717) is 12.4 Å². The predicted molar refractivity (Wildman–Crippen MR) is 180 cm³/mol. The molecule has 0 bridgehead atoms. The third kappa shape index (κ3) is 4.60. The molecule has 1 unspecified atom stereocenters. The number of fused-ring (bicyclic) bond motifs is 6. The molecule has 0 aliphatic rings. The van der Waals surface area contributed by atoms with Gasteiger partial charge >= 0.3 is 0 Å². The average molecular weight is 572 g/mol. The number of nitrogens with zero attached hydrogens (tertiary/aromatic N) is 1. The van der Waals surface area contributed by atoms with E-state index in [9.17, 15) is 0 Å². The molecule has 0 saturated heterocycles. The van der Waals surface area contributed by atoms with Crippen LogP contribution in [0, 0.1) is 0 Å². The first-order valence-electron chi connectivity index (χ1n) is 14.7. The molecule has 0 aliphatic carbocycles. The number of furan rings is 2. The number of amidine groups is 1. The normalized spacial score (nSPS) is 12.9. The average Bonchev–Trinajstić information content (AvgIpc) is 3.66. The fourth-order valence-electron chi connectivity index (χ4n) is 6.10. The maximum Gasteiger partial charge on any atom is 0.146 e. The Morgan fingerprint density at radius 2 is 1.32 bits per heavy atom. The van der Waals surface area contributed by atoms with Crippen molar-refractivity contribution < 1.29 is 8.83 Å². The fraction of sp³-hybridized carbons (Fsp3) is 0.0513. The van der Waals surface area contributed by atoms with Crippen LogP contribution in [0.5, 0.6) is 0 Å². The van der Waals surface area contributed by atoms with E-state index in [1.54, 1.807) is 0 Å². The summed E-state index contributed by atoms with van der Waals surface area (Å²) in [4.78, 5) is 5.04. The summed E-state index contributed by atoms with van der Waals surface area (Å²) in [6, 6.07) is 47.3. The van der Waals surface area contributed by atoms with Crippen molar-refractivity contribution in [1.29, 1.82) is 0 Å². The van der Waals surface area contributed by atoms with E-state index >= 15 is 0 Å². The van der Waals surface area contributed by atoms with Crippen LogP contribution in [0.25, 0.3) is 55.0 Å². The van der Waals surface area contributed by atoms with Crippen molar-refractivity contribution in [3.05, 3.63) is 156 Å². The number of nitrogens with one attached hydrogen (secondary N) is 1. The molecule has 3 N–H and O–H groups in total. The molecule has 5 heteroatoms. The summed E-state index contributed by atoms with van der Waals surface area (Å²) in [6.45, 7) is 0.562. The Balaban J connectivity index is 1.18. The summed E-state index contributed by atoms with van der Waals surface area (Å²) in [5.74, 6) is 0.412. The molecule has 44 heavy (non-hydrogen) atoms. The first-order chi connectivity index (χ1) is 21.7. The van der Waals surface area contributed by atoms with Crippen molar-refractivity contribution in [2.24, 2.45) is 10.7 Å². The van der Waals surface area contributed by atoms with Gasteiger partial charge in [-0.3, -0.25) is 5.32 Å². The summed E-state index contributed by atoms with van der Waals surface area (Å²) >= 11 is 0. The van der Waals surface area contributed by atoms with Gasteiger partial charge in [-0.15, -0.1) is 0 Å². The van der Waals surface area contributed by atoms with Crippen LogP contribution in [0.3, 0.4) is 0 Å². The Bertz CT molecular complexity index is 2300. The maximum atomic E-state index is 6.75. The molecule has 2 heterocycles. The third-order valence-electron chi connectivity index (χ3n) is 8.24. The van der Waals surface area contributed by atoms with E-state index < -0.39 is 0 Å². The Morgan fingerprint density at radius 3 is 2.18 bits per heavy atom.